The first-order chi connectivity index (χ1) is 18.2. The van der Waals surface area contributed by atoms with Gasteiger partial charge in [0.25, 0.3) is 11.8 Å². The molecule has 38 heavy (non-hydrogen) atoms. The first-order valence-corrected chi connectivity index (χ1v) is 14.0. The SMILES string of the molecule is O=C(NCCc1ccc(Cl)cc1)c1ccc2c(c1)N(Cc1ccc(Cl)cc1)C(=O)c1ccccc1S2(=O)=O. The van der Waals surface area contributed by atoms with Crippen LogP contribution >= 0.6 is 23.2 Å². The Kier molecular flexibility index (Phi) is 7.25. The van der Waals surface area contributed by atoms with Crippen molar-refractivity contribution in [1.29, 1.82) is 0 Å². The summed E-state index contributed by atoms with van der Waals surface area (Å²) in [4.78, 5) is 28.0. The van der Waals surface area contributed by atoms with Gasteiger partial charge in [-0.2, -0.15) is 0 Å². The first-order valence-electron chi connectivity index (χ1n) is 11.8. The summed E-state index contributed by atoms with van der Waals surface area (Å²) in [6, 6.07) is 24.8. The van der Waals surface area contributed by atoms with Crippen LogP contribution in [0.4, 0.5) is 5.69 Å². The number of hydrogen-bond acceptors (Lipinski definition) is 4. The highest BCUT2D eigenvalue weighted by atomic mass is 35.5. The number of nitrogens with zero attached hydrogens (tertiary/aromatic N) is 1. The van der Waals surface area contributed by atoms with Crippen LogP contribution in [0.25, 0.3) is 0 Å². The molecule has 2 amide bonds. The monoisotopic (exact) mass is 564 g/mol. The van der Waals surface area contributed by atoms with Crippen LogP contribution in [-0.2, 0) is 22.8 Å². The summed E-state index contributed by atoms with van der Waals surface area (Å²) >= 11 is 12.0. The van der Waals surface area contributed by atoms with Crippen molar-refractivity contribution in [2.24, 2.45) is 0 Å². The lowest BCUT2D eigenvalue weighted by atomic mass is 10.1. The van der Waals surface area contributed by atoms with Gasteiger partial charge in [0.1, 0.15) is 0 Å². The molecule has 0 fully saturated rings. The molecule has 6 nitrogen and oxygen atoms in total. The molecule has 0 spiro atoms. The number of rotatable bonds is 6. The van der Waals surface area contributed by atoms with Gasteiger partial charge in [-0.3, -0.25) is 9.59 Å². The molecule has 0 saturated heterocycles. The van der Waals surface area contributed by atoms with Crippen LogP contribution < -0.4 is 10.2 Å². The number of sulfone groups is 1. The van der Waals surface area contributed by atoms with Crippen molar-refractivity contribution in [3.8, 4) is 0 Å². The normalized spacial score (nSPS) is 13.8. The Hall–Kier alpha value is -3.65. The van der Waals surface area contributed by atoms with E-state index in [1.54, 1.807) is 48.5 Å². The van der Waals surface area contributed by atoms with E-state index in [0.717, 1.165) is 11.1 Å². The van der Waals surface area contributed by atoms with Crippen molar-refractivity contribution in [2.75, 3.05) is 11.4 Å². The Morgan fingerprint density at radius 2 is 1.42 bits per heavy atom. The topological polar surface area (TPSA) is 83.6 Å². The smallest absolute Gasteiger partial charge is 0.259 e. The van der Waals surface area contributed by atoms with Crippen molar-refractivity contribution < 1.29 is 18.0 Å². The zero-order chi connectivity index (χ0) is 26.9. The number of fused-ring (bicyclic) bond motifs is 2. The van der Waals surface area contributed by atoms with Crippen LogP contribution in [0.15, 0.2) is 101 Å². The minimum atomic E-state index is -4.03. The fraction of sp³-hybridized carbons (Fsp3) is 0.103. The molecule has 0 bridgehead atoms. The summed E-state index contributed by atoms with van der Waals surface area (Å²) in [6.45, 7) is 0.462. The Morgan fingerprint density at radius 1 is 0.789 bits per heavy atom. The first kappa shape index (κ1) is 26.0. The Bertz CT molecular complexity index is 1640. The number of benzene rings is 4. The second-order valence-corrected chi connectivity index (χ2v) is 11.6. The number of halogens is 2. The minimum absolute atomic E-state index is 0.0394. The molecule has 1 heterocycles. The fourth-order valence-corrected chi connectivity index (χ4v) is 6.23. The summed E-state index contributed by atoms with van der Waals surface area (Å²) < 4.78 is 27.3. The van der Waals surface area contributed by atoms with Crippen LogP contribution in [0.1, 0.15) is 31.8 Å². The van der Waals surface area contributed by atoms with Gasteiger partial charge in [0, 0.05) is 22.2 Å². The zero-order valence-electron chi connectivity index (χ0n) is 20.0. The van der Waals surface area contributed by atoms with Gasteiger partial charge in [-0.15, -0.1) is 0 Å². The molecule has 1 aliphatic heterocycles. The Morgan fingerprint density at radius 3 is 2.11 bits per heavy atom. The van der Waals surface area contributed by atoms with E-state index in [-0.39, 0.29) is 39.1 Å². The van der Waals surface area contributed by atoms with Crippen molar-refractivity contribution in [3.05, 3.63) is 123 Å². The van der Waals surface area contributed by atoms with Crippen molar-refractivity contribution in [1.82, 2.24) is 5.32 Å². The van der Waals surface area contributed by atoms with Gasteiger partial charge >= 0.3 is 0 Å². The van der Waals surface area contributed by atoms with Gasteiger partial charge in [0.2, 0.25) is 9.84 Å². The van der Waals surface area contributed by atoms with Gasteiger partial charge in [-0.05, 0) is 72.1 Å². The highest BCUT2D eigenvalue weighted by Gasteiger charge is 2.36. The van der Waals surface area contributed by atoms with Gasteiger partial charge in [0.05, 0.1) is 27.6 Å². The lowest BCUT2D eigenvalue weighted by Crippen LogP contribution is -2.31. The van der Waals surface area contributed by atoms with Gasteiger partial charge in [-0.25, -0.2) is 8.42 Å². The third-order valence-corrected chi connectivity index (χ3v) is 8.68. The van der Waals surface area contributed by atoms with E-state index in [9.17, 15) is 18.0 Å². The van der Waals surface area contributed by atoms with Gasteiger partial charge in [-0.1, -0.05) is 59.6 Å². The van der Waals surface area contributed by atoms with E-state index >= 15 is 0 Å². The van der Waals surface area contributed by atoms with E-state index in [4.69, 9.17) is 23.2 Å². The van der Waals surface area contributed by atoms with Crippen molar-refractivity contribution in [2.45, 2.75) is 22.8 Å². The lowest BCUT2D eigenvalue weighted by Gasteiger charge is -2.23. The molecular weight excluding hydrogens is 543 g/mol. The van der Waals surface area contributed by atoms with Crippen molar-refractivity contribution in [3.63, 3.8) is 0 Å². The molecule has 1 aliphatic rings. The average molecular weight is 565 g/mol. The fourth-order valence-electron chi connectivity index (χ4n) is 4.35. The molecule has 0 saturated carbocycles. The second kappa shape index (κ2) is 10.6. The van der Waals surface area contributed by atoms with Gasteiger partial charge in [0.15, 0.2) is 0 Å². The summed E-state index contributed by atoms with van der Waals surface area (Å²) in [5, 5.41) is 4.04. The number of carbonyl (C=O) groups excluding carboxylic acids is 2. The Labute approximate surface area is 230 Å². The summed E-state index contributed by atoms with van der Waals surface area (Å²) in [5.41, 5.74) is 2.23. The maximum Gasteiger partial charge on any atom is 0.259 e. The predicted molar refractivity (Wildman–Crippen MR) is 148 cm³/mol. The molecule has 192 valence electrons. The van der Waals surface area contributed by atoms with Crippen molar-refractivity contribution >= 4 is 50.5 Å². The third kappa shape index (κ3) is 5.18. The van der Waals surface area contributed by atoms with E-state index < -0.39 is 15.7 Å². The van der Waals surface area contributed by atoms with Crippen LogP contribution in [0, 0.1) is 0 Å². The lowest BCUT2D eigenvalue weighted by molar-refractivity contribution is 0.0950. The maximum atomic E-state index is 13.7. The molecule has 0 unspecified atom stereocenters. The molecule has 0 radical (unpaired) electrons. The van der Waals surface area contributed by atoms with Crippen LogP contribution in [0.2, 0.25) is 10.0 Å². The summed E-state index contributed by atoms with van der Waals surface area (Å²) in [5.74, 6) is -0.849. The summed E-state index contributed by atoms with van der Waals surface area (Å²) in [7, 11) is -4.03. The van der Waals surface area contributed by atoms with E-state index in [1.165, 1.54) is 35.2 Å². The van der Waals surface area contributed by atoms with Crippen LogP contribution in [0.3, 0.4) is 0 Å². The standard InChI is InChI=1S/C29H22Cl2N2O4S/c30-22-10-5-19(6-11-22)15-16-32-28(34)21-9-14-27-25(17-21)33(18-20-7-12-23(31)13-8-20)29(35)24-3-1-2-4-26(24)38(27,36)37/h1-14,17H,15-16,18H2,(H,32,34). The average Bonchev–Trinajstić information content (AvgIpc) is 2.99. The number of hydrogen-bond donors (Lipinski definition) is 1. The molecule has 0 atom stereocenters. The molecule has 9 heteroatoms. The Balaban J connectivity index is 1.50. The molecule has 5 rings (SSSR count). The highest BCUT2D eigenvalue weighted by Crippen LogP contribution is 2.38. The number of amides is 2. The molecule has 0 aromatic heterocycles. The second-order valence-electron chi connectivity index (χ2n) is 8.83. The highest BCUT2D eigenvalue weighted by molar-refractivity contribution is 7.91. The number of carbonyl (C=O) groups is 2. The molecule has 4 aromatic carbocycles. The minimum Gasteiger partial charge on any atom is -0.352 e. The van der Waals surface area contributed by atoms with Crippen LogP contribution in [-0.4, -0.2) is 26.8 Å². The zero-order valence-corrected chi connectivity index (χ0v) is 22.4. The summed E-state index contributed by atoms with van der Waals surface area (Å²) in [6.07, 6.45) is 0.596. The van der Waals surface area contributed by atoms with Gasteiger partial charge < -0.3 is 10.2 Å². The predicted octanol–water partition coefficient (Wildman–Crippen LogP) is 5.96. The number of nitrogens with one attached hydrogen (secondary N) is 1. The molecular formula is C29H22Cl2N2O4S. The third-order valence-electron chi connectivity index (χ3n) is 6.32. The molecule has 0 aliphatic carbocycles. The largest absolute Gasteiger partial charge is 0.352 e. The maximum absolute atomic E-state index is 13.7. The van der Waals surface area contributed by atoms with Crippen LogP contribution in [0.5, 0.6) is 0 Å². The number of anilines is 1. The molecule has 4 aromatic rings. The van der Waals surface area contributed by atoms with E-state index in [1.807, 2.05) is 12.1 Å². The van der Waals surface area contributed by atoms with E-state index in [2.05, 4.69) is 5.32 Å². The van der Waals surface area contributed by atoms with E-state index in [0.29, 0.717) is 23.0 Å². The molecule has 1 N–H and O–H groups in total. The quantitative estimate of drug-likeness (QED) is 0.313.